The number of carbonyl (C=O) groups excluding carboxylic acids is 6. The van der Waals surface area contributed by atoms with Crippen LogP contribution in [0.1, 0.15) is 244 Å². The van der Waals surface area contributed by atoms with Gasteiger partial charge in [0, 0.05) is 24.0 Å². The number of hydrogen-bond acceptors (Lipinski definition) is 14. The highest BCUT2D eigenvalue weighted by atomic mass is 16.6. The van der Waals surface area contributed by atoms with Gasteiger partial charge in [0.05, 0.1) is 24.3 Å². The van der Waals surface area contributed by atoms with Crippen molar-refractivity contribution in [3.05, 3.63) is 120 Å². The minimum atomic E-state index is -0.564. The molecule has 4 aromatic rings. The molecule has 472 valence electrons. The van der Waals surface area contributed by atoms with Crippen LogP contribution in [0.2, 0.25) is 0 Å². The van der Waals surface area contributed by atoms with Crippen LogP contribution in [-0.4, -0.2) is 71.4 Å². The predicted molar refractivity (Wildman–Crippen MR) is 339 cm³/mol. The Bertz CT molecular complexity index is 2610. The summed E-state index contributed by atoms with van der Waals surface area (Å²) in [6.07, 6.45) is 21.1. The van der Waals surface area contributed by atoms with Gasteiger partial charge in [0.15, 0.2) is 0 Å². The van der Waals surface area contributed by atoms with Crippen LogP contribution in [0.15, 0.2) is 109 Å². The molecule has 0 heterocycles. The van der Waals surface area contributed by atoms with Crippen molar-refractivity contribution in [3.63, 3.8) is 0 Å². The molecule has 0 unspecified atom stereocenters. The lowest BCUT2D eigenvalue weighted by Gasteiger charge is -2.26. The molecule has 0 bridgehead atoms. The second-order valence-electron chi connectivity index (χ2n) is 25.4. The normalized spacial score (nSPS) is 11.8. The Morgan fingerprint density at radius 2 is 0.628 bits per heavy atom. The first-order chi connectivity index (χ1) is 40.7. The zero-order valence-electron chi connectivity index (χ0n) is 53.6. The first-order valence-electron chi connectivity index (χ1n) is 31.4. The zero-order valence-corrected chi connectivity index (χ0v) is 53.6. The van der Waals surface area contributed by atoms with E-state index in [1.807, 2.05) is 67.5 Å². The molecule has 86 heavy (non-hydrogen) atoms. The maximum atomic E-state index is 13.1. The summed E-state index contributed by atoms with van der Waals surface area (Å²) >= 11 is 0. The van der Waals surface area contributed by atoms with E-state index >= 15 is 0 Å². The number of rotatable bonds is 42. The van der Waals surface area contributed by atoms with Crippen LogP contribution in [0.3, 0.4) is 0 Å². The summed E-state index contributed by atoms with van der Waals surface area (Å²) in [4.78, 5) is 74.9. The number of unbranched alkanes of at least 4 members (excludes halogenated alkanes) is 14. The second-order valence-corrected chi connectivity index (χ2v) is 25.4. The molecule has 0 radical (unpaired) electrons. The average molecular weight is 1190 g/mol. The third kappa shape index (κ3) is 29.4. The Labute approximate surface area is 513 Å². The van der Waals surface area contributed by atoms with Gasteiger partial charge in [0.25, 0.3) is 0 Å². The Kier molecular flexibility index (Phi) is 30.1. The highest BCUT2D eigenvalue weighted by molar-refractivity contribution is 5.94. The van der Waals surface area contributed by atoms with Gasteiger partial charge in [-0.3, -0.25) is 9.59 Å². The molecule has 0 aliphatic carbocycles. The van der Waals surface area contributed by atoms with E-state index in [0.29, 0.717) is 71.3 Å². The van der Waals surface area contributed by atoms with Crippen LogP contribution in [0.25, 0.3) is 10.8 Å². The monoisotopic (exact) mass is 1190 g/mol. The van der Waals surface area contributed by atoms with E-state index < -0.39 is 34.3 Å². The topological polar surface area (TPSA) is 176 Å². The molecule has 0 spiro atoms. The van der Waals surface area contributed by atoms with Gasteiger partial charge in [-0.2, -0.15) is 0 Å². The molecular weight excluding hydrogens is 1090 g/mol. The third-order valence-electron chi connectivity index (χ3n) is 14.8. The predicted octanol–water partition coefficient (Wildman–Crippen LogP) is 17.8. The van der Waals surface area contributed by atoms with Crippen LogP contribution >= 0.6 is 0 Å². The van der Waals surface area contributed by atoms with Gasteiger partial charge in [-0.15, -0.1) is 0 Å². The van der Waals surface area contributed by atoms with E-state index in [1.165, 1.54) is 0 Å². The van der Waals surface area contributed by atoms with E-state index in [0.717, 1.165) is 152 Å². The van der Waals surface area contributed by atoms with E-state index in [9.17, 15) is 28.8 Å². The second kappa shape index (κ2) is 36.2. The van der Waals surface area contributed by atoms with Crippen molar-refractivity contribution in [3.8, 4) is 23.0 Å². The zero-order chi connectivity index (χ0) is 63.2. The van der Waals surface area contributed by atoms with E-state index in [2.05, 4.69) is 13.2 Å². The van der Waals surface area contributed by atoms with Crippen molar-refractivity contribution >= 4 is 46.6 Å². The smallest absolute Gasteiger partial charge is 0.343 e. The van der Waals surface area contributed by atoms with Crippen LogP contribution in [0.5, 0.6) is 23.0 Å². The van der Waals surface area contributed by atoms with E-state index in [4.69, 9.17) is 37.9 Å². The first-order valence-corrected chi connectivity index (χ1v) is 31.4. The Balaban J connectivity index is 1.02. The number of esters is 6. The summed E-state index contributed by atoms with van der Waals surface area (Å²) in [6.45, 7) is 27.2. The molecular formula is C72H100O14. The molecule has 0 N–H and O–H groups in total. The number of carbonyl (C=O) groups is 6. The highest BCUT2D eigenvalue weighted by Gasteiger charge is 2.26. The maximum absolute atomic E-state index is 13.1. The lowest BCUT2D eigenvalue weighted by molar-refractivity contribution is -0.158. The van der Waals surface area contributed by atoms with E-state index in [-0.39, 0.29) is 23.9 Å². The van der Waals surface area contributed by atoms with Crippen LogP contribution < -0.4 is 18.9 Å². The molecule has 0 aliphatic rings. The molecule has 14 heteroatoms. The largest absolute Gasteiger partial charge is 0.494 e. The minimum Gasteiger partial charge on any atom is -0.494 e. The SMILES string of the molecule is C=C(C)C(=O)OC(C)(C)CCCCCC(=O)OC(C)(C)CCCCCCCCOc1ccc(C(=O)Oc2ccc3cc(OC(=O)c4ccc(OCCCCCCCCC(C)(C)OC(=O)CCCCCC(C)(C)OC(=O)C(=C)C)cc4)ccc3c2)cc1. The number of benzene rings is 4. The Morgan fingerprint density at radius 3 is 0.953 bits per heavy atom. The molecule has 14 nitrogen and oxygen atoms in total. The van der Waals surface area contributed by atoms with Gasteiger partial charge in [-0.05, 0) is 230 Å². The molecule has 0 amide bonds. The minimum absolute atomic E-state index is 0.169. The van der Waals surface area contributed by atoms with Crippen LogP contribution in [0, 0.1) is 0 Å². The number of hydrogen-bond donors (Lipinski definition) is 0. The molecule has 0 fully saturated rings. The van der Waals surface area contributed by atoms with Crippen molar-refractivity contribution in [1.29, 1.82) is 0 Å². The summed E-state index contributed by atoms with van der Waals surface area (Å²) in [6, 6.07) is 24.4. The summed E-state index contributed by atoms with van der Waals surface area (Å²) < 4.78 is 45.9. The average Bonchev–Trinajstić information content (AvgIpc) is 3.58. The molecule has 0 saturated carbocycles. The van der Waals surface area contributed by atoms with Gasteiger partial charge in [0.1, 0.15) is 45.4 Å². The maximum Gasteiger partial charge on any atom is 0.343 e. The summed E-state index contributed by atoms with van der Waals surface area (Å²) in [7, 11) is 0. The summed E-state index contributed by atoms with van der Waals surface area (Å²) in [5.74, 6) is 0.0725. The van der Waals surface area contributed by atoms with Gasteiger partial charge in [-0.1, -0.05) is 89.5 Å². The van der Waals surface area contributed by atoms with Gasteiger partial charge >= 0.3 is 35.8 Å². The molecule has 0 aliphatic heterocycles. The van der Waals surface area contributed by atoms with Crippen molar-refractivity contribution in [2.24, 2.45) is 0 Å². The van der Waals surface area contributed by atoms with Crippen molar-refractivity contribution in [2.45, 2.75) is 246 Å². The Hall–Kier alpha value is -6.96. The number of ether oxygens (including phenoxy) is 8. The molecule has 0 atom stereocenters. The van der Waals surface area contributed by atoms with Crippen molar-refractivity contribution in [2.75, 3.05) is 13.2 Å². The fourth-order valence-electron chi connectivity index (χ4n) is 9.73. The van der Waals surface area contributed by atoms with E-state index in [1.54, 1.807) is 86.6 Å². The first kappa shape index (κ1) is 71.5. The lowest BCUT2D eigenvalue weighted by Crippen LogP contribution is -2.28. The highest BCUT2D eigenvalue weighted by Crippen LogP contribution is 2.29. The fourth-order valence-corrected chi connectivity index (χ4v) is 9.73. The van der Waals surface area contributed by atoms with Gasteiger partial charge in [0.2, 0.25) is 0 Å². The van der Waals surface area contributed by atoms with Crippen LogP contribution in [0.4, 0.5) is 0 Å². The van der Waals surface area contributed by atoms with Crippen LogP contribution in [-0.2, 0) is 38.1 Å². The van der Waals surface area contributed by atoms with Crippen molar-refractivity contribution < 1.29 is 66.7 Å². The van der Waals surface area contributed by atoms with Gasteiger partial charge in [-0.25, -0.2) is 19.2 Å². The third-order valence-corrected chi connectivity index (χ3v) is 14.8. The molecule has 4 aromatic carbocycles. The van der Waals surface area contributed by atoms with Gasteiger partial charge < -0.3 is 37.9 Å². The Morgan fingerprint density at radius 1 is 0.349 bits per heavy atom. The standard InChI is InChI=1S/C72H100O14/c1-53(2)65(75)85-71(9,10)47-27-21-23-31-63(73)83-69(5,6)45-25-17-13-15-19-29-49-79-59-39-33-55(34-40-59)67(77)81-61-43-37-58-52-62(44-38-57(58)51-61)82-68(78)56-35-41-60(42-36-56)80-50-30-20-16-14-18-26-46-70(7,8)84-64(74)32-24-22-28-48-72(11,12)86-66(76)54(3)4/h33-44,51-52H,1,3,13-32,45-50H2,2,4-12H3. The lowest BCUT2D eigenvalue weighted by atomic mass is 9.98. The molecule has 4 rings (SSSR count). The molecule has 0 saturated heterocycles. The summed E-state index contributed by atoms with van der Waals surface area (Å²) in [5.41, 5.74) is -0.562. The number of fused-ring (bicyclic) bond motifs is 1. The van der Waals surface area contributed by atoms with Crippen molar-refractivity contribution in [1.82, 2.24) is 0 Å². The quantitative estimate of drug-likeness (QED) is 0.0135. The molecule has 0 aromatic heterocycles. The summed E-state index contributed by atoms with van der Waals surface area (Å²) in [5, 5.41) is 1.62. The fraction of sp³-hybridized carbons (Fsp3) is 0.556.